The highest BCUT2D eigenvalue weighted by Crippen LogP contribution is 2.20. The van der Waals surface area contributed by atoms with Crippen molar-refractivity contribution < 1.29 is 4.79 Å². The molecule has 1 N–H and O–H groups in total. The van der Waals surface area contributed by atoms with Gasteiger partial charge in [-0.3, -0.25) is 4.79 Å². The van der Waals surface area contributed by atoms with Crippen molar-refractivity contribution in [3.8, 4) is 5.69 Å². The highest BCUT2D eigenvalue weighted by Gasteiger charge is 2.18. The van der Waals surface area contributed by atoms with E-state index in [1.54, 1.807) is 4.68 Å². The van der Waals surface area contributed by atoms with Gasteiger partial charge in [-0.2, -0.15) is 0 Å². The molecule has 1 aliphatic carbocycles. The Hall–Kier alpha value is -2.50. The average Bonchev–Trinajstić information content (AvgIpc) is 3.03. The monoisotopic (exact) mass is 269 g/mol. The van der Waals surface area contributed by atoms with Gasteiger partial charge in [0.2, 0.25) is 5.91 Å². The molecular formula is C14H15N5O. The number of benzene rings is 1. The van der Waals surface area contributed by atoms with Gasteiger partial charge in [-0.25, -0.2) is 4.68 Å². The Morgan fingerprint density at radius 2 is 2.10 bits per heavy atom. The molecule has 0 unspecified atom stereocenters. The van der Waals surface area contributed by atoms with Gasteiger partial charge in [0.1, 0.15) is 6.33 Å². The molecule has 1 aromatic heterocycles. The third-order valence-corrected chi connectivity index (χ3v) is 3.39. The predicted molar refractivity (Wildman–Crippen MR) is 74.3 cm³/mol. The summed E-state index contributed by atoms with van der Waals surface area (Å²) >= 11 is 0. The number of carbonyl (C=O) groups is 1. The van der Waals surface area contributed by atoms with Gasteiger partial charge in [0.15, 0.2) is 0 Å². The van der Waals surface area contributed by atoms with Crippen LogP contribution in [0, 0.1) is 5.92 Å². The number of nitrogens with one attached hydrogen (secondary N) is 1. The Morgan fingerprint density at radius 3 is 2.75 bits per heavy atom. The SMILES string of the molecule is O=C(Nc1ccc(-n2cnnn2)cc1)[C@H]1CC=CCC1. The van der Waals surface area contributed by atoms with Crippen molar-refractivity contribution in [1.82, 2.24) is 20.2 Å². The first kappa shape index (κ1) is 12.5. The van der Waals surface area contributed by atoms with Crippen LogP contribution < -0.4 is 5.32 Å². The van der Waals surface area contributed by atoms with Crippen molar-refractivity contribution >= 4 is 11.6 Å². The summed E-state index contributed by atoms with van der Waals surface area (Å²) in [5.41, 5.74) is 1.65. The smallest absolute Gasteiger partial charge is 0.227 e. The quantitative estimate of drug-likeness (QED) is 0.864. The largest absolute Gasteiger partial charge is 0.326 e. The van der Waals surface area contributed by atoms with Crippen LogP contribution in [0.5, 0.6) is 0 Å². The number of aromatic nitrogens is 4. The molecule has 0 fully saturated rings. The lowest BCUT2D eigenvalue weighted by molar-refractivity contribution is -0.120. The number of hydrogen-bond acceptors (Lipinski definition) is 4. The molecule has 2 aromatic rings. The number of rotatable bonds is 3. The van der Waals surface area contributed by atoms with Crippen LogP contribution in [0.3, 0.4) is 0 Å². The summed E-state index contributed by atoms with van der Waals surface area (Å²) in [4.78, 5) is 12.1. The van der Waals surface area contributed by atoms with E-state index in [1.807, 2.05) is 24.3 Å². The maximum Gasteiger partial charge on any atom is 0.227 e. The molecule has 6 nitrogen and oxygen atoms in total. The number of allylic oxidation sites excluding steroid dienone is 2. The molecule has 0 aliphatic heterocycles. The minimum absolute atomic E-state index is 0.0826. The summed E-state index contributed by atoms with van der Waals surface area (Å²) in [6, 6.07) is 7.45. The molecule has 20 heavy (non-hydrogen) atoms. The molecule has 3 rings (SSSR count). The van der Waals surface area contributed by atoms with Gasteiger partial charge < -0.3 is 5.32 Å². The van der Waals surface area contributed by atoms with E-state index in [9.17, 15) is 4.79 Å². The topological polar surface area (TPSA) is 72.7 Å². The number of anilines is 1. The van der Waals surface area contributed by atoms with Crippen molar-refractivity contribution in [1.29, 1.82) is 0 Å². The van der Waals surface area contributed by atoms with Crippen molar-refractivity contribution in [3.05, 3.63) is 42.7 Å². The lowest BCUT2D eigenvalue weighted by Crippen LogP contribution is -2.23. The van der Waals surface area contributed by atoms with Gasteiger partial charge in [0.05, 0.1) is 5.69 Å². The molecule has 0 spiro atoms. The zero-order chi connectivity index (χ0) is 13.8. The second-order valence-corrected chi connectivity index (χ2v) is 4.77. The molecule has 0 saturated heterocycles. The number of hydrogen-bond donors (Lipinski definition) is 1. The predicted octanol–water partition coefficient (Wildman–Crippen LogP) is 1.96. The third kappa shape index (κ3) is 2.74. The lowest BCUT2D eigenvalue weighted by Gasteiger charge is -2.17. The van der Waals surface area contributed by atoms with Crippen LogP contribution in [0.2, 0.25) is 0 Å². The van der Waals surface area contributed by atoms with E-state index >= 15 is 0 Å². The molecule has 1 atom stereocenters. The van der Waals surface area contributed by atoms with Gasteiger partial charge >= 0.3 is 0 Å². The van der Waals surface area contributed by atoms with Crippen molar-refractivity contribution in [2.24, 2.45) is 5.92 Å². The zero-order valence-corrected chi connectivity index (χ0v) is 10.9. The van der Waals surface area contributed by atoms with E-state index in [1.165, 1.54) is 6.33 Å². The van der Waals surface area contributed by atoms with Crippen LogP contribution in [-0.2, 0) is 4.79 Å². The van der Waals surface area contributed by atoms with Crippen LogP contribution in [0.1, 0.15) is 19.3 Å². The number of tetrazole rings is 1. The molecule has 1 amide bonds. The average molecular weight is 269 g/mol. The Kier molecular flexibility index (Phi) is 3.54. The maximum absolute atomic E-state index is 12.1. The van der Waals surface area contributed by atoms with E-state index in [4.69, 9.17) is 0 Å². The fourth-order valence-electron chi connectivity index (χ4n) is 2.25. The summed E-state index contributed by atoms with van der Waals surface area (Å²) in [6.45, 7) is 0. The molecule has 0 radical (unpaired) electrons. The molecule has 0 bridgehead atoms. The zero-order valence-electron chi connectivity index (χ0n) is 10.9. The van der Waals surface area contributed by atoms with Gasteiger partial charge in [-0.05, 0) is 54.0 Å². The Bertz CT molecular complexity index is 603. The second-order valence-electron chi connectivity index (χ2n) is 4.77. The Morgan fingerprint density at radius 1 is 1.25 bits per heavy atom. The normalized spacial score (nSPS) is 17.9. The number of carbonyl (C=O) groups excluding carboxylic acids is 1. The first-order valence-electron chi connectivity index (χ1n) is 6.62. The first-order chi connectivity index (χ1) is 9.83. The minimum Gasteiger partial charge on any atom is -0.326 e. The van der Waals surface area contributed by atoms with Crippen molar-refractivity contribution in [2.75, 3.05) is 5.32 Å². The first-order valence-corrected chi connectivity index (χ1v) is 6.62. The van der Waals surface area contributed by atoms with E-state index in [2.05, 4.69) is 33.0 Å². The van der Waals surface area contributed by atoms with Gasteiger partial charge in [-0.1, -0.05) is 12.2 Å². The van der Waals surface area contributed by atoms with Crippen LogP contribution in [0.25, 0.3) is 5.69 Å². The van der Waals surface area contributed by atoms with Gasteiger partial charge in [-0.15, -0.1) is 5.10 Å². The summed E-state index contributed by atoms with van der Waals surface area (Å²) < 4.78 is 1.57. The van der Waals surface area contributed by atoms with Crippen LogP contribution in [-0.4, -0.2) is 26.1 Å². The highest BCUT2D eigenvalue weighted by atomic mass is 16.1. The maximum atomic E-state index is 12.1. The Labute approximate surface area is 116 Å². The molecular weight excluding hydrogens is 254 g/mol. The van der Waals surface area contributed by atoms with E-state index < -0.39 is 0 Å². The van der Waals surface area contributed by atoms with Crippen LogP contribution in [0.4, 0.5) is 5.69 Å². The molecule has 6 heteroatoms. The molecule has 1 aromatic carbocycles. The molecule has 1 heterocycles. The number of amides is 1. The van der Waals surface area contributed by atoms with Crippen molar-refractivity contribution in [3.63, 3.8) is 0 Å². The summed E-state index contributed by atoms with van der Waals surface area (Å²) in [6.07, 6.45) is 8.47. The van der Waals surface area contributed by atoms with Crippen LogP contribution >= 0.6 is 0 Å². The van der Waals surface area contributed by atoms with Gasteiger partial charge in [0.25, 0.3) is 0 Å². The van der Waals surface area contributed by atoms with E-state index in [0.29, 0.717) is 0 Å². The standard InChI is InChI=1S/C14H15N5O/c20-14(11-4-2-1-3-5-11)16-12-6-8-13(9-7-12)19-10-15-17-18-19/h1-2,6-11H,3-5H2,(H,16,20)/t11-/m0/s1. The van der Waals surface area contributed by atoms with Gasteiger partial charge in [0, 0.05) is 11.6 Å². The summed E-state index contributed by atoms with van der Waals surface area (Å²) in [7, 11) is 0. The molecule has 102 valence electrons. The van der Waals surface area contributed by atoms with Crippen LogP contribution in [0.15, 0.2) is 42.7 Å². The molecule has 1 aliphatic rings. The third-order valence-electron chi connectivity index (χ3n) is 3.39. The fraction of sp³-hybridized carbons (Fsp3) is 0.286. The minimum atomic E-state index is 0.0826. The van der Waals surface area contributed by atoms with Crippen molar-refractivity contribution in [2.45, 2.75) is 19.3 Å². The Balaban J connectivity index is 1.66. The second kappa shape index (κ2) is 5.64. The van der Waals surface area contributed by atoms with E-state index in [-0.39, 0.29) is 11.8 Å². The fourth-order valence-corrected chi connectivity index (χ4v) is 2.25. The van der Waals surface area contributed by atoms with E-state index in [0.717, 1.165) is 30.6 Å². The summed E-state index contributed by atoms with van der Waals surface area (Å²) in [5, 5.41) is 13.9. The summed E-state index contributed by atoms with van der Waals surface area (Å²) in [5.74, 6) is 0.170. The highest BCUT2D eigenvalue weighted by molar-refractivity contribution is 5.92. The lowest BCUT2D eigenvalue weighted by atomic mass is 9.93. The number of nitrogens with zero attached hydrogens (tertiary/aromatic N) is 4. The molecule has 0 saturated carbocycles.